The van der Waals surface area contributed by atoms with Crippen molar-refractivity contribution in [3.8, 4) is 11.5 Å². The molecule has 1 aromatic carbocycles. The van der Waals surface area contributed by atoms with E-state index in [2.05, 4.69) is 21.0 Å². The SMILES string of the molecule is CCn1ncc(Br)c1/C=C/C(=O)c1ccc2c(c1)OCO2. The number of halogens is 1. The van der Waals surface area contributed by atoms with E-state index in [1.54, 1.807) is 30.5 Å². The number of hydrogen-bond acceptors (Lipinski definition) is 4. The summed E-state index contributed by atoms with van der Waals surface area (Å²) in [5, 5.41) is 4.20. The van der Waals surface area contributed by atoms with Crippen LogP contribution in [0.2, 0.25) is 0 Å². The minimum absolute atomic E-state index is 0.0935. The molecule has 5 nitrogen and oxygen atoms in total. The van der Waals surface area contributed by atoms with Crippen LogP contribution < -0.4 is 9.47 Å². The van der Waals surface area contributed by atoms with Crippen LogP contribution in [0.4, 0.5) is 0 Å². The van der Waals surface area contributed by atoms with Gasteiger partial charge in [0.1, 0.15) is 0 Å². The first-order valence-corrected chi connectivity index (χ1v) is 7.31. The summed E-state index contributed by atoms with van der Waals surface area (Å²) in [5.41, 5.74) is 1.43. The van der Waals surface area contributed by atoms with E-state index in [9.17, 15) is 4.79 Å². The smallest absolute Gasteiger partial charge is 0.231 e. The van der Waals surface area contributed by atoms with Gasteiger partial charge in [-0.3, -0.25) is 9.48 Å². The number of aryl methyl sites for hydroxylation is 1. The summed E-state index contributed by atoms with van der Waals surface area (Å²) in [7, 11) is 0. The molecule has 0 spiro atoms. The predicted octanol–water partition coefficient (Wildman–Crippen LogP) is 3.29. The quantitative estimate of drug-likeness (QED) is 0.628. The molecule has 0 saturated carbocycles. The summed E-state index contributed by atoms with van der Waals surface area (Å²) in [6.07, 6.45) is 5.01. The van der Waals surface area contributed by atoms with Crippen molar-refractivity contribution in [2.45, 2.75) is 13.5 Å². The van der Waals surface area contributed by atoms with Gasteiger partial charge in [-0.1, -0.05) is 0 Å². The molecular formula is C15H13BrN2O3. The van der Waals surface area contributed by atoms with Crippen LogP contribution in [0.25, 0.3) is 6.08 Å². The van der Waals surface area contributed by atoms with Crippen molar-refractivity contribution in [1.82, 2.24) is 9.78 Å². The summed E-state index contributed by atoms with van der Waals surface area (Å²) < 4.78 is 13.2. The second kappa shape index (κ2) is 5.73. The molecule has 108 valence electrons. The highest BCUT2D eigenvalue weighted by Crippen LogP contribution is 2.32. The van der Waals surface area contributed by atoms with Crippen molar-refractivity contribution in [3.63, 3.8) is 0 Å². The van der Waals surface area contributed by atoms with E-state index in [1.807, 2.05) is 11.6 Å². The van der Waals surface area contributed by atoms with Gasteiger partial charge in [-0.2, -0.15) is 5.10 Å². The number of carbonyl (C=O) groups excluding carboxylic acids is 1. The van der Waals surface area contributed by atoms with Gasteiger partial charge < -0.3 is 9.47 Å². The van der Waals surface area contributed by atoms with Crippen molar-refractivity contribution in [2.75, 3.05) is 6.79 Å². The fourth-order valence-electron chi connectivity index (χ4n) is 2.09. The van der Waals surface area contributed by atoms with Gasteiger partial charge in [0, 0.05) is 12.1 Å². The average molecular weight is 349 g/mol. The second-order valence-electron chi connectivity index (χ2n) is 4.46. The summed E-state index contributed by atoms with van der Waals surface area (Å²) >= 11 is 3.42. The third-order valence-corrected chi connectivity index (χ3v) is 3.79. The number of benzene rings is 1. The molecule has 6 heteroatoms. The first-order chi connectivity index (χ1) is 10.2. The third kappa shape index (κ3) is 2.71. The molecule has 0 radical (unpaired) electrons. The molecule has 1 aromatic heterocycles. The Balaban J connectivity index is 1.83. The Hall–Kier alpha value is -2.08. The van der Waals surface area contributed by atoms with E-state index in [-0.39, 0.29) is 12.6 Å². The Kier molecular flexibility index (Phi) is 3.79. The van der Waals surface area contributed by atoms with Crippen LogP contribution in [0.3, 0.4) is 0 Å². The molecule has 1 aliphatic rings. The van der Waals surface area contributed by atoms with Crippen LogP contribution in [-0.2, 0) is 6.54 Å². The maximum absolute atomic E-state index is 12.2. The Bertz CT molecular complexity index is 722. The summed E-state index contributed by atoms with van der Waals surface area (Å²) in [6.45, 7) is 2.94. The lowest BCUT2D eigenvalue weighted by atomic mass is 10.1. The van der Waals surface area contributed by atoms with Gasteiger partial charge in [0.15, 0.2) is 17.3 Å². The van der Waals surface area contributed by atoms with Gasteiger partial charge in [0.2, 0.25) is 6.79 Å². The molecule has 0 fully saturated rings. The van der Waals surface area contributed by atoms with Crippen molar-refractivity contribution in [1.29, 1.82) is 0 Å². The van der Waals surface area contributed by atoms with Crippen molar-refractivity contribution in [3.05, 3.63) is 46.2 Å². The number of carbonyl (C=O) groups is 1. The van der Waals surface area contributed by atoms with E-state index in [0.29, 0.717) is 17.1 Å². The van der Waals surface area contributed by atoms with Gasteiger partial charge in [0.25, 0.3) is 0 Å². The van der Waals surface area contributed by atoms with E-state index < -0.39 is 0 Å². The average Bonchev–Trinajstić information content (AvgIpc) is 3.10. The van der Waals surface area contributed by atoms with Gasteiger partial charge in [-0.15, -0.1) is 0 Å². The van der Waals surface area contributed by atoms with Crippen molar-refractivity contribution in [2.24, 2.45) is 0 Å². The highest BCUT2D eigenvalue weighted by atomic mass is 79.9. The van der Waals surface area contributed by atoms with Crippen molar-refractivity contribution < 1.29 is 14.3 Å². The van der Waals surface area contributed by atoms with Crippen LogP contribution >= 0.6 is 15.9 Å². The van der Waals surface area contributed by atoms with Crippen LogP contribution in [0.5, 0.6) is 11.5 Å². The minimum atomic E-state index is -0.0935. The number of ether oxygens (including phenoxy) is 2. The lowest BCUT2D eigenvalue weighted by Crippen LogP contribution is -2.00. The lowest BCUT2D eigenvalue weighted by Gasteiger charge is -2.01. The van der Waals surface area contributed by atoms with E-state index >= 15 is 0 Å². The summed E-state index contributed by atoms with van der Waals surface area (Å²) in [4.78, 5) is 12.2. The zero-order valence-electron chi connectivity index (χ0n) is 11.4. The first kappa shape index (κ1) is 13.9. The zero-order chi connectivity index (χ0) is 14.8. The molecule has 0 bridgehead atoms. The molecule has 1 aliphatic heterocycles. The maximum Gasteiger partial charge on any atom is 0.231 e. The van der Waals surface area contributed by atoms with Crippen LogP contribution in [0.1, 0.15) is 23.0 Å². The number of ketones is 1. The Labute approximate surface area is 130 Å². The van der Waals surface area contributed by atoms with E-state index in [4.69, 9.17) is 9.47 Å². The molecular weight excluding hydrogens is 336 g/mol. The second-order valence-corrected chi connectivity index (χ2v) is 5.31. The Morgan fingerprint density at radius 3 is 3.05 bits per heavy atom. The Morgan fingerprint density at radius 2 is 2.24 bits per heavy atom. The molecule has 2 aromatic rings. The van der Waals surface area contributed by atoms with Gasteiger partial charge in [0.05, 0.1) is 16.4 Å². The lowest BCUT2D eigenvalue weighted by molar-refractivity contribution is 0.104. The first-order valence-electron chi connectivity index (χ1n) is 6.52. The number of aromatic nitrogens is 2. The minimum Gasteiger partial charge on any atom is -0.454 e. The number of nitrogens with zero attached hydrogens (tertiary/aromatic N) is 2. The fourth-order valence-corrected chi connectivity index (χ4v) is 2.52. The molecule has 21 heavy (non-hydrogen) atoms. The van der Waals surface area contributed by atoms with Gasteiger partial charge in [-0.05, 0) is 53.2 Å². The summed E-state index contributed by atoms with van der Waals surface area (Å²) in [6, 6.07) is 5.17. The fraction of sp³-hybridized carbons (Fsp3) is 0.200. The Morgan fingerprint density at radius 1 is 1.43 bits per heavy atom. The predicted molar refractivity (Wildman–Crippen MR) is 81.5 cm³/mol. The molecule has 0 saturated heterocycles. The molecule has 0 unspecified atom stereocenters. The third-order valence-electron chi connectivity index (χ3n) is 3.18. The zero-order valence-corrected chi connectivity index (χ0v) is 13.0. The topological polar surface area (TPSA) is 53.4 Å². The van der Waals surface area contributed by atoms with Crippen LogP contribution in [-0.4, -0.2) is 22.4 Å². The van der Waals surface area contributed by atoms with Crippen LogP contribution in [0, 0.1) is 0 Å². The normalized spacial score (nSPS) is 13.0. The molecule has 0 amide bonds. The number of hydrogen-bond donors (Lipinski definition) is 0. The van der Waals surface area contributed by atoms with Gasteiger partial charge in [-0.25, -0.2) is 0 Å². The number of fused-ring (bicyclic) bond motifs is 1. The van der Waals surface area contributed by atoms with Crippen LogP contribution in [0.15, 0.2) is 34.9 Å². The molecule has 0 atom stereocenters. The number of rotatable bonds is 4. The monoisotopic (exact) mass is 348 g/mol. The standard InChI is InChI=1S/C15H13BrN2O3/c1-2-18-12(11(16)8-17-18)4-5-13(19)10-3-6-14-15(7-10)21-9-20-14/h3-8H,2,9H2,1H3/b5-4+. The van der Waals surface area contributed by atoms with E-state index in [0.717, 1.165) is 16.7 Å². The number of allylic oxidation sites excluding steroid dienone is 1. The van der Waals surface area contributed by atoms with Gasteiger partial charge >= 0.3 is 0 Å². The molecule has 3 rings (SSSR count). The van der Waals surface area contributed by atoms with E-state index in [1.165, 1.54) is 6.08 Å². The molecule has 0 N–H and O–H groups in total. The highest BCUT2D eigenvalue weighted by Gasteiger charge is 2.15. The highest BCUT2D eigenvalue weighted by molar-refractivity contribution is 9.10. The summed E-state index contributed by atoms with van der Waals surface area (Å²) in [5.74, 6) is 1.18. The molecule has 0 aliphatic carbocycles. The van der Waals surface area contributed by atoms with Crippen molar-refractivity contribution >= 4 is 27.8 Å². The largest absolute Gasteiger partial charge is 0.454 e. The molecule has 2 heterocycles. The maximum atomic E-state index is 12.2.